The molecule has 0 saturated carbocycles. The second-order valence-corrected chi connectivity index (χ2v) is 5.16. The fourth-order valence-corrected chi connectivity index (χ4v) is 2.33. The van der Waals surface area contributed by atoms with Gasteiger partial charge >= 0.3 is 0 Å². The molecule has 2 rings (SSSR count). The van der Waals surface area contributed by atoms with E-state index < -0.39 is 0 Å². The van der Waals surface area contributed by atoms with E-state index in [0.29, 0.717) is 0 Å². The van der Waals surface area contributed by atoms with Gasteiger partial charge in [0.2, 0.25) is 5.91 Å². The van der Waals surface area contributed by atoms with Crippen LogP contribution in [0.15, 0.2) is 24.3 Å². The maximum atomic E-state index is 10.9. The Balaban J connectivity index is 2.00. The number of benzene rings is 1. The standard InChI is InChI=1S/C14H22N4O/c1-17-6-8-18(9-7-17)12-4-2-11(3-5-12)13(15)10-14(16)19/h2-5,13H,6-10,15H2,1H3,(H2,16,19). The van der Waals surface area contributed by atoms with Crippen molar-refractivity contribution in [2.75, 3.05) is 38.1 Å². The van der Waals surface area contributed by atoms with Gasteiger partial charge in [0.25, 0.3) is 0 Å². The van der Waals surface area contributed by atoms with Crippen LogP contribution in [0.5, 0.6) is 0 Å². The second-order valence-electron chi connectivity index (χ2n) is 5.16. The number of carbonyl (C=O) groups excluding carboxylic acids is 1. The summed E-state index contributed by atoms with van der Waals surface area (Å²) in [4.78, 5) is 15.5. The molecule has 1 fully saturated rings. The van der Waals surface area contributed by atoms with Crippen molar-refractivity contribution >= 4 is 11.6 Å². The van der Waals surface area contributed by atoms with Gasteiger partial charge in [-0.25, -0.2) is 0 Å². The van der Waals surface area contributed by atoms with Crippen LogP contribution in [-0.2, 0) is 4.79 Å². The van der Waals surface area contributed by atoms with Gasteiger partial charge in [0, 0.05) is 44.3 Å². The molecule has 0 radical (unpaired) electrons. The van der Waals surface area contributed by atoms with E-state index in [1.54, 1.807) is 0 Å². The lowest BCUT2D eigenvalue weighted by molar-refractivity contribution is -0.118. The normalized spacial score (nSPS) is 18.3. The van der Waals surface area contributed by atoms with Crippen LogP contribution in [-0.4, -0.2) is 44.0 Å². The maximum absolute atomic E-state index is 10.9. The van der Waals surface area contributed by atoms with Crippen LogP contribution in [0.3, 0.4) is 0 Å². The third-order valence-corrected chi connectivity index (χ3v) is 3.61. The van der Waals surface area contributed by atoms with Crippen molar-refractivity contribution in [1.29, 1.82) is 0 Å². The molecule has 1 aromatic carbocycles. The Morgan fingerprint density at radius 1 is 1.21 bits per heavy atom. The van der Waals surface area contributed by atoms with Crippen LogP contribution in [0.2, 0.25) is 0 Å². The Kier molecular flexibility index (Phi) is 4.39. The van der Waals surface area contributed by atoms with Gasteiger partial charge in [-0.1, -0.05) is 12.1 Å². The minimum atomic E-state index is -0.365. The summed E-state index contributed by atoms with van der Waals surface area (Å²) in [6.07, 6.45) is 0.188. The fourth-order valence-electron chi connectivity index (χ4n) is 2.33. The summed E-state index contributed by atoms with van der Waals surface area (Å²) >= 11 is 0. The first-order chi connectivity index (χ1) is 9.06. The summed E-state index contributed by atoms with van der Waals surface area (Å²) in [6.45, 7) is 4.26. The molecule has 0 spiro atoms. The average Bonchev–Trinajstić information content (AvgIpc) is 2.39. The van der Waals surface area contributed by atoms with Gasteiger partial charge in [-0.15, -0.1) is 0 Å². The van der Waals surface area contributed by atoms with E-state index >= 15 is 0 Å². The van der Waals surface area contributed by atoms with E-state index in [1.807, 2.05) is 12.1 Å². The van der Waals surface area contributed by atoms with Crippen molar-refractivity contribution < 1.29 is 4.79 Å². The molecule has 1 amide bonds. The molecule has 1 aliphatic heterocycles. The van der Waals surface area contributed by atoms with Crippen molar-refractivity contribution in [3.8, 4) is 0 Å². The summed E-state index contributed by atoms with van der Waals surface area (Å²) in [5.74, 6) is -0.365. The van der Waals surface area contributed by atoms with E-state index in [0.717, 1.165) is 31.7 Å². The first-order valence-electron chi connectivity index (χ1n) is 6.63. The van der Waals surface area contributed by atoms with Crippen molar-refractivity contribution in [2.24, 2.45) is 11.5 Å². The van der Waals surface area contributed by atoms with E-state index in [1.165, 1.54) is 5.69 Å². The quantitative estimate of drug-likeness (QED) is 0.819. The number of piperazine rings is 1. The monoisotopic (exact) mass is 262 g/mol. The number of likely N-dealkylation sites (N-methyl/N-ethyl adjacent to an activating group) is 1. The average molecular weight is 262 g/mol. The highest BCUT2D eigenvalue weighted by molar-refractivity contribution is 5.74. The molecule has 5 nitrogen and oxygen atoms in total. The lowest BCUT2D eigenvalue weighted by atomic mass is 10.0. The highest BCUT2D eigenvalue weighted by Gasteiger charge is 2.15. The Morgan fingerprint density at radius 2 is 1.79 bits per heavy atom. The number of primary amides is 1. The largest absolute Gasteiger partial charge is 0.370 e. The molecule has 4 N–H and O–H groups in total. The van der Waals surface area contributed by atoms with Crippen molar-refractivity contribution in [1.82, 2.24) is 4.90 Å². The topological polar surface area (TPSA) is 75.6 Å². The van der Waals surface area contributed by atoms with Gasteiger partial charge in [0.15, 0.2) is 0 Å². The molecule has 1 atom stereocenters. The summed E-state index contributed by atoms with van der Waals surface area (Å²) in [6, 6.07) is 7.81. The van der Waals surface area contributed by atoms with Crippen LogP contribution in [0.25, 0.3) is 0 Å². The maximum Gasteiger partial charge on any atom is 0.219 e. The molecule has 1 aliphatic rings. The Hall–Kier alpha value is -1.59. The Morgan fingerprint density at radius 3 is 2.32 bits per heavy atom. The smallest absolute Gasteiger partial charge is 0.219 e. The zero-order valence-corrected chi connectivity index (χ0v) is 11.4. The van der Waals surface area contributed by atoms with E-state index in [9.17, 15) is 4.79 Å². The zero-order valence-electron chi connectivity index (χ0n) is 11.4. The minimum absolute atomic E-state index is 0.188. The summed E-state index contributed by atoms with van der Waals surface area (Å²) < 4.78 is 0. The number of hydrogen-bond acceptors (Lipinski definition) is 4. The van der Waals surface area contributed by atoms with Gasteiger partial charge in [-0.2, -0.15) is 0 Å². The van der Waals surface area contributed by atoms with Crippen LogP contribution < -0.4 is 16.4 Å². The number of rotatable bonds is 4. The number of hydrogen-bond donors (Lipinski definition) is 2. The van der Waals surface area contributed by atoms with Gasteiger partial charge in [0.05, 0.1) is 0 Å². The molecule has 0 aromatic heterocycles. The lowest BCUT2D eigenvalue weighted by Gasteiger charge is -2.34. The molecule has 1 unspecified atom stereocenters. The van der Waals surface area contributed by atoms with Gasteiger partial charge in [-0.3, -0.25) is 4.79 Å². The summed E-state index contributed by atoms with van der Waals surface area (Å²) in [5.41, 5.74) is 13.2. The molecular formula is C14H22N4O. The second kappa shape index (κ2) is 6.04. The molecule has 0 bridgehead atoms. The summed E-state index contributed by atoms with van der Waals surface area (Å²) in [5, 5.41) is 0. The zero-order chi connectivity index (χ0) is 13.8. The van der Waals surface area contributed by atoms with Crippen LogP contribution >= 0.6 is 0 Å². The highest BCUT2D eigenvalue weighted by Crippen LogP contribution is 2.20. The third kappa shape index (κ3) is 3.68. The Bertz CT molecular complexity index is 424. The molecular weight excluding hydrogens is 240 g/mol. The number of nitrogens with two attached hydrogens (primary N) is 2. The van der Waals surface area contributed by atoms with Crippen LogP contribution in [0, 0.1) is 0 Å². The number of nitrogens with zero attached hydrogens (tertiary/aromatic N) is 2. The first-order valence-corrected chi connectivity index (χ1v) is 6.63. The molecule has 1 saturated heterocycles. The predicted octanol–water partition coefficient (Wildman–Crippen LogP) is 0.314. The minimum Gasteiger partial charge on any atom is -0.370 e. The van der Waals surface area contributed by atoms with Crippen LogP contribution in [0.1, 0.15) is 18.0 Å². The first kappa shape index (κ1) is 13.8. The van der Waals surface area contributed by atoms with Gasteiger partial charge < -0.3 is 21.3 Å². The Labute approximate surface area is 114 Å². The molecule has 1 aromatic rings. The van der Waals surface area contributed by atoms with Crippen molar-refractivity contribution in [2.45, 2.75) is 12.5 Å². The molecule has 104 valence electrons. The number of amides is 1. The number of anilines is 1. The van der Waals surface area contributed by atoms with Crippen molar-refractivity contribution in [3.63, 3.8) is 0 Å². The predicted molar refractivity (Wildman–Crippen MR) is 76.9 cm³/mol. The molecule has 19 heavy (non-hydrogen) atoms. The van der Waals surface area contributed by atoms with E-state index in [2.05, 4.69) is 29.0 Å². The van der Waals surface area contributed by atoms with Crippen molar-refractivity contribution in [3.05, 3.63) is 29.8 Å². The highest BCUT2D eigenvalue weighted by atomic mass is 16.1. The molecule has 0 aliphatic carbocycles. The fraction of sp³-hybridized carbons (Fsp3) is 0.500. The molecule has 5 heteroatoms. The number of carbonyl (C=O) groups is 1. The lowest BCUT2D eigenvalue weighted by Crippen LogP contribution is -2.44. The van der Waals surface area contributed by atoms with E-state index in [4.69, 9.17) is 11.5 Å². The van der Waals surface area contributed by atoms with E-state index in [-0.39, 0.29) is 18.4 Å². The SMILES string of the molecule is CN1CCN(c2ccc(C(N)CC(N)=O)cc2)CC1. The van der Waals surface area contributed by atoms with Gasteiger partial charge in [0.1, 0.15) is 0 Å². The summed E-state index contributed by atoms with van der Waals surface area (Å²) in [7, 11) is 2.14. The molecule has 1 heterocycles. The third-order valence-electron chi connectivity index (χ3n) is 3.61. The van der Waals surface area contributed by atoms with Gasteiger partial charge in [-0.05, 0) is 24.7 Å². The van der Waals surface area contributed by atoms with Crippen LogP contribution in [0.4, 0.5) is 5.69 Å².